The number of aromatic amines is 1. The molecular formula is C21H29N5O3S. The highest BCUT2D eigenvalue weighted by Crippen LogP contribution is 2.27. The molecule has 0 atom stereocenters. The zero-order valence-corrected chi connectivity index (χ0v) is 18.7. The highest BCUT2D eigenvalue weighted by molar-refractivity contribution is 7.13. The summed E-state index contributed by atoms with van der Waals surface area (Å²) in [4.78, 5) is 34.0. The Hall–Kier alpha value is -2.81. The number of aryl methyl sites for hydroxylation is 1. The summed E-state index contributed by atoms with van der Waals surface area (Å²) in [5.74, 6) is 1.97. The average molecular weight is 432 g/mol. The molecule has 3 aromatic rings. The quantitative estimate of drug-likeness (QED) is 0.535. The van der Waals surface area contributed by atoms with Gasteiger partial charge in [-0.25, -0.2) is 9.78 Å². The third-order valence-corrected chi connectivity index (χ3v) is 5.62. The van der Waals surface area contributed by atoms with Crippen LogP contribution in [0.4, 0.5) is 11.5 Å². The summed E-state index contributed by atoms with van der Waals surface area (Å²) in [7, 11) is 0. The van der Waals surface area contributed by atoms with E-state index in [1.54, 1.807) is 0 Å². The molecule has 3 rings (SSSR count). The molecule has 0 aliphatic rings. The Labute approximate surface area is 179 Å². The van der Waals surface area contributed by atoms with Gasteiger partial charge in [-0.3, -0.25) is 14.3 Å². The number of H-pyrrole nitrogens is 1. The first kappa shape index (κ1) is 21.9. The van der Waals surface area contributed by atoms with Crippen molar-refractivity contribution in [1.82, 2.24) is 14.5 Å². The molecule has 0 spiro atoms. The van der Waals surface area contributed by atoms with Crippen LogP contribution in [-0.4, -0.2) is 21.1 Å². The maximum absolute atomic E-state index is 12.7. The fourth-order valence-electron chi connectivity index (χ4n) is 3.29. The highest BCUT2D eigenvalue weighted by atomic mass is 32.1. The van der Waals surface area contributed by atoms with E-state index in [1.807, 2.05) is 43.2 Å². The predicted octanol–water partition coefficient (Wildman–Crippen LogP) is 3.61. The van der Waals surface area contributed by atoms with Gasteiger partial charge in [0.05, 0.1) is 12.2 Å². The molecule has 0 aliphatic heterocycles. The van der Waals surface area contributed by atoms with E-state index in [1.165, 1.54) is 15.9 Å². The van der Waals surface area contributed by atoms with Crippen LogP contribution in [0, 0.1) is 12.8 Å². The molecule has 162 valence electrons. The third kappa shape index (κ3) is 4.84. The van der Waals surface area contributed by atoms with Crippen molar-refractivity contribution in [3.05, 3.63) is 49.8 Å². The number of unbranched alkanes of at least 4 members (excludes halogenated alkanes) is 1. The van der Waals surface area contributed by atoms with E-state index in [0.717, 1.165) is 35.1 Å². The number of hydrogen-bond acceptors (Lipinski definition) is 7. The van der Waals surface area contributed by atoms with Gasteiger partial charge in [-0.05, 0) is 31.4 Å². The second-order valence-electron chi connectivity index (χ2n) is 7.83. The fourth-order valence-corrected chi connectivity index (χ4v) is 4.06. The van der Waals surface area contributed by atoms with Crippen LogP contribution >= 0.6 is 11.3 Å². The Kier molecular flexibility index (Phi) is 6.81. The smallest absolute Gasteiger partial charge is 0.330 e. The molecule has 8 nitrogen and oxygen atoms in total. The SMILES string of the molecule is CCCCN(Cc1csc(-c2ccc(C)o2)n1)c1c(N)n(CC(C)C)c(=O)[nH]c1=O. The number of hydrogen-bond donors (Lipinski definition) is 2. The molecule has 0 bridgehead atoms. The second kappa shape index (κ2) is 9.34. The van der Waals surface area contributed by atoms with Crippen LogP contribution < -0.4 is 21.9 Å². The van der Waals surface area contributed by atoms with Gasteiger partial charge in [-0.1, -0.05) is 27.2 Å². The molecule has 0 saturated carbocycles. The van der Waals surface area contributed by atoms with Crippen molar-refractivity contribution in [2.75, 3.05) is 17.2 Å². The van der Waals surface area contributed by atoms with Gasteiger partial charge < -0.3 is 15.1 Å². The topological polar surface area (TPSA) is 110 Å². The summed E-state index contributed by atoms with van der Waals surface area (Å²) >= 11 is 1.50. The minimum absolute atomic E-state index is 0.200. The summed E-state index contributed by atoms with van der Waals surface area (Å²) in [6.07, 6.45) is 1.85. The van der Waals surface area contributed by atoms with Crippen molar-refractivity contribution in [3.8, 4) is 10.8 Å². The number of nitrogen functional groups attached to an aromatic ring is 1. The van der Waals surface area contributed by atoms with Crippen LogP contribution in [-0.2, 0) is 13.1 Å². The number of nitrogens with one attached hydrogen (secondary N) is 1. The Morgan fingerprint density at radius 3 is 2.73 bits per heavy atom. The summed E-state index contributed by atoms with van der Waals surface area (Å²) in [6.45, 7) is 9.48. The van der Waals surface area contributed by atoms with Crippen LogP contribution in [0.15, 0.2) is 31.5 Å². The zero-order valence-electron chi connectivity index (χ0n) is 17.9. The van der Waals surface area contributed by atoms with Crippen LogP contribution in [0.25, 0.3) is 10.8 Å². The monoisotopic (exact) mass is 431 g/mol. The van der Waals surface area contributed by atoms with Crippen LogP contribution in [0.1, 0.15) is 45.1 Å². The molecular weight excluding hydrogens is 402 g/mol. The molecule has 3 N–H and O–H groups in total. The van der Waals surface area contributed by atoms with E-state index in [2.05, 4.69) is 16.9 Å². The summed E-state index contributed by atoms with van der Waals surface area (Å²) in [6, 6.07) is 3.81. The number of nitrogens with zero attached hydrogens (tertiary/aromatic N) is 3. The van der Waals surface area contributed by atoms with Gasteiger partial charge in [-0.2, -0.15) is 0 Å². The molecule has 3 heterocycles. The van der Waals surface area contributed by atoms with Crippen molar-refractivity contribution in [2.24, 2.45) is 5.92 Å². The zero-order chi connectivity index (χ0) is 21.8. The largest absolute Gasteiger partial charge is 0.459 e. The maximum Gasteiger partial charge on any atom is 0.330 e. The summed E-state index contributed by atoms with van der Waals surface area (Å²) in [5, 5.41) is 2.75. The van der Waals surface area contributed by atoms with Gasteiger partial charge in [0.25, 0.3) is 5.56 Å². The predicted molar refractivity (Wildman–Crippen MR) is 121 cm³/mol. The lowest BCUT2D eigenvalue weighted by Gasteiger charge is -2.25. The number of nitrogens with two attached hydrogens (primary N) is 1. The van der Waals surface area contributed by atoms with E-state index in [0.29, 0.717) is 25.3 Å². The highest BCUT2D eigenvalue weighted by Gasteiger charge is 2.20. The number of thiazole rings is 1. The molecule has 30 heavy (non-hydrogen) atoms. The Morgan fingerprint density at radius 1 is 1.33 bits per heavy atom. The molecule has 0 radical (unpaired) electrons. The molecule has 3 aromatic heterocycles. The first-order valence-corrected chi connectivity index (χ1v) is 11.1. The lowest BCUT2D eigenvalue weighted by molar-refractivity contribution is 0.506. The molecule has 0 unspecified atom stereocenters. The number of aromatic nitrogens is 3. The first-order chi connectivity index (χ1) is 14.3. The lowest BCUT2D eigenvalue weighted by atomic mass is 10.2. The van der Waals surface area contributed by atoms with Gasteiger partial charge in [0.1, 0.15) is 17.3 Å². The Morgan fingerprint density at radius 2 is 2.10 bits per heavy atom. The lowest BCUT2D eigenvalue weighted by Crippen LogP contribution is -2.39. The van der Waals surface area contributed by atoms with Crippen LogP contribution in [0.5, 0.6) is 0 Å². The molecule has 0 saturated heterocycles. The van der Waals surface area contributed by atoms with Crippen molar-refractivity contribution in [3.63, 3.8) is 0 Å². The third-order valence-electron chi connectivity index (χ3n) is 4.72. The minimum atomic E-state index is -0.477. The van der Waals surface area contributed by atoms with Gasteiger partial charge in [0, 0.05) is 18.5 Å². The number of anilines is 2. The number of rotatable bonds is 9. The molecule has 0 fully saturated rings. The average Bonchev–Trinajstić information content (AvgIpc) is 3.31. The summed E-state index contributed by atoms with van der Waals surface area (Å²) in [5.41, 5.74) is 6.53. The maximum atomic E-state index is 12.7. The van der Waals surface area contributed by atoms with Crippen molar-refractivity contribution >= 4 is 22.8 Å². The van der Waals surface area contributed by atoms with Crippen molar-refractivity contribution in [1.29, 1.82) is 0 Å². The normalized spacial score (nSPS) is 11.4. The van der Waals surface area contributed by atoms with E-state index in [4.69, 9.17) is 10.2 Å². The van der Waals surface area contributed by atoms with E-state index in [-0.39, 0.29) is 11.7 Å². The number of furan rings is 1. The fraction of sp³-hybridized carbons (Fsp3) is 0.476. The summed E-state index contributed by atoms with van der Waals surface area (Å²) < 4.78 is 7.11. The van der Waals surface area contributed by atoms with E-state index >= 15 is 0 Å². The van der Waals surface area contributed by atoms with Gasteiger partial charge in [0.15, 0.2) is 10.8 Å². The van der Waals surface area contributed by atoms with Crippen LogP contribution in [0.3, 0.4) is 0 Å². The Balaban J connectivity index is 1.96. The molecule has 0 amide bonds. The van der Waals surface area contributed by atoms with Crippen LogP contribution in [0.2, 0.25) is 0 Å². The van der Waals surface area contributed by atoms with E-state index in [9.17, 15) is 9.59 Å². The molecule has 9 heteroatoms. The van der Waals surface area contributed by atoms with Gasteiger partial charge >= 0.3 is 5.69 Å². The van der Waals surface area contributed by atoms with Crippen molar-refractivity contribution in [2.45, 2.75) is 53.6 Å². The molecule has 0 aliphatic carbocycles. The van der Waals surface area contributed by atoms with Crippen molar-refractivity contribution < 1.29 is 4.42 Å². The molecule has 0 aromatic carbocycles. The Bertz CT molecular complexity index is 1110. The first-order valence-electron chi connectivity index (χ1n) is 10.2. The standard InChI is InChI=1S/C21H29N5O3S/c1-5-6-9-25(11-15-12-30-20(23-15)16-8-7-14(4)29-16)17-18(22)26(10-13(2)3)21(28)24-19(17)27/h7-8,12-13H,5-6,9-11,22H2,1-4H3,(H,24,27,28). The minimum Gasteiger partial charge on any atom is -0.459 e. The van der Waals surface area contributed by atoms with E-state index < -0.39 is 11.2 Å². The van der Waals surface area contributed by atoms with Gasteiger partial charge in [0.2, 0.25) is 0 Å². The second-order valence-corrected chi connectivity index (χ2v) is 8.69. The van der Waals surface area contributed by atoms with Gasteiger partial charge in [-0.15, -0.1) is 11.3 Å².